The van der Waals surface area contributed by atoms with Gasteiger partial charge in [-0.3, -0.25) is 4.79 Å². The lowest BCUT2D eigenvalue weighted by atomic mass is 9.81. The molecule has 236 valence electrons. The number of aryl methyl sites for hydroxylation is 1. The molecule has 3 N–H and O–H groups in total. The monoisotopic (exact) mass is 617 g/mol. The molecule has 0 atom stereocenters. The van der Waals surface area contributed by atoms with Crippen molar-refractivity contribution in [3.05, 3.63) is 47.5 Å². The van der Waals surface area contributed by atoms with E-state index in [0.29, 0.717) is 36.1 Å². The van der Waals surface area contributed by atoms with Gasteiger partial charge in [0, 0.05) is 6.42 Å². The Morgan fingerprint density at radius 1 is 1.07 bits per heavy atom. The lowest BCUT2D eigenvalue weighted by Gasteiger charge is -2.43. The highest BCUT2D eigenvalue weighted by Gasteiger charge is 2.43. The lowest BCUT2D eigenvalue weighted by Crippen LogP contribution is -2.47. The Hall–Kier alpha value is -2.85. The van der Waals surface area contributed by atoms with Crippen LogP contribution in [0.15, 0.2) is 41.6 Å². The predicted octanol–water partition coefficient (Wildman–Crippen LogP) is 9.11. The Bertz CT molecular complexity index is 1370. The number of hydrogen-bond donors (Lipinski definition) is 2. The van der Waals surface area contributed by atoms with Gasteiger partial charge in [-0.05, 0) is 105 Å². The number of nitrogens with two attached hydrogens (primary N) is 1. The summed E-state index contributed by atoms with van der Waals surface area (Å²) in [5.74, 6) is -0.456. The van der Waals surface area contributed by atoms with Crippen molar-refractivity contribution >= 4 is 31.3 Å². The van der Waals surface area contributed by atoms with E-state index in [1.807, 2.05) is 13.8 Å². The zero-order valence-corrected chi connectivity index (χ0v) is 27.5. The SMILES string of the molecule is CC(C)(CCc1cc(-c2ccccc2C(F)(F)F)cc(NC(=O)C2=NOC3(CCCCC3)C2)c1N)O[Si](C)(C)C(C)(C)C. The Labute approximate surface area is 254 Å². The van der Waals surface area contributed by atoms with E-state index in [1.165, 1.54) is 18.2 Å². The maximum Gasteiger partial charge on any atom is 0.417 e. The van der Waals surface area contributed by atoms with Crippen LogP contribution in [-0.2, 0) is 26.7 Å². The number of alkyl halides is 3. The summed E-state index contributed by atoms with van der Waals surface area (Å²) in [6, 6.07) is 8.66. The van der Waals surface area contributed by atoms with Crippen LogP contribution in [0, 0.1) is 0 Å². The molecule has 1 aliphatic carbocycles. The van der Waals surface area contributed by atoms with Crippen molar-refractivity contribution in [2.45, 2.75) is 121 Å². The van der Waals surface area contributed by atoms with Gasteiger partial charge < -0.3 is 20.3 Å². The van der Waals surface area contributed by atoms with E-state index >= 15 is 0 Å². The molecule has 0 unspecified atom stereocenters. The second kappa shape index (κ2) is 11.9. The number of nitrogens with zero attached hydrogens (tertiary/aromatic N) is 1. The molecule has 1 fully saturated rings. The van der Waals surface area contributed by atoms with E-state index in [0.717, 1.165) is 38.2 Å². The average molecular weight is 618 g/mol. The molecular formula is C33H46F3N3O3Si. The molecule has 0 bridgehead atoms. The fourth-order valence-electron chi connectivity index (χ4n) is 5.79. The van der Waals surface area contributed by atoms with E-state index in [-0.39, 0.29) is 22.0 Å². The zero-order valence-electron chi connectivity index (χ0n) is 26.5. The van der Waals surface area contributed by atoms with E-state index in [2.05, 4.69) is 44.3 Å². The molecule has 2 aromatic rings. The highest BCUT2D eigenvalue weighted by Crippen LogP contribution is 2.43. The Morgan fingerprint density at radius 2 is 1.72 bits per heavy atom. The lowest BCUT2D eigenvalue weighted by molar-refractivity contribution is -0.137. The number of rotatable bonds is 8. The van der Waals surface area contributed by atoms with Crippen molar-refractivity contribution in [1.29, 1.82) is 0 Å². The second-order valence-corrected chi connectivity index (χ2v) is 19.0. The molecule has 4 rings (SSSR count). The van der Waals surface area contributed by atoms with Gasteiger partial charge in [0.25, 0.3) is 5.91 Å². The summed E-state index contributed by atoms with van der Waals surface area (Å²) in [5.41, 5.74) is 6.76. The molecule has 1 amide bonds. The Kier molecular flexibility index (Phi) is 9.16. The molecule has 0 saturated heterocycles. The van der Waals surface area contributed by atoms with Crippen LogP contribution in [0.3, 0.4) is 0 Å². The number of anilines is 2. The smallest absolute Gasteiger partial charge is 0.412 e. The van der Waals surface area contributed by atoms with E-state index in [4.69, 9.17) is 15.0 Å². The van der Waals surface area contributed by atoms with Crippen LogP contribution in [-0.4, -0.2) is 31.1 Å². The molecule has 1 saturated carbocycles. The molecule has 1 aliphatic heterocycles. The summed E-state index contributed by atoms with van der Waals surface area (Å²) in [5, 5.41) is 6.99. The van der Waals surface area contributed by atoms with Gasteiger partial charge in [0.15, 0.2) is 8.32 Å². The fraction of sp³-hybridized carbons (Fsp3) is 0.576. The topological polar surface area (TPSA) is 85.9 Å². The van der Waals surface area contributed by atoms with Crippen molar-refractivity contribution in [2.75, 3.05) is 11.1 Å². The third kappa shape index (κ3) is 7.63. The fourth-order valence-corrected chi connectivity index (χ4v) is 7.58. The molecule has 0 aromatic heterocycles. The number of oxime groups is 1. The van der Waals surface area contributed by atoms with Gasteiger partial charge in [-0.25, -0.2) is 0 Å². The van der Waals surface area contributed by atoms with Crippen LogP contribution in [0.2, 0.25) is 18.1 Å². The number of carbonyl (C=O) groups is 1. The summed E-state index contributed by atoms with van der Waals surface area (Å²) in [4.78, 5) is 19.1. The number of carbonyl (C=O) groups excluding carboxylic acids is 1. The zero-order chi connectivity index (χ0) is 31.8. The quantitative estimate of drug-likeness (QED) is 0.229. The van der Waals surface area contributed by atoms with E-state index < -0.39 is 37.2 Å². The van der Waals surface area contributed by atoms with Crippen LogP contribution in [0.5, 0.6) is 0 Å². The summed E-state index contributed by atoms with van der Waals surface area (Å²) < 4.78 is 48.8. The van der Waals surface area contributed by atoms with Gasteiger partial charge in [-0.2, -0.15) is 13.2 Å². The number of amides is 1. The number of halogens is 3. The third-order valence-electron chi connectivity index (χ3n) is 9.26. The first-order valence-electron chi connectivity index (χ1n) is 15.2. The molecule has 1 heterocycles. The van der Waals surface area contributed by atoms with Crippen LogP contribution < -0.4 is 11.1 Å². The minimum atomic E-state index is -4.55. The van der Waals surface area contributed by atoms with Gasteiger partial charge >= 0.3 is 6.18 Å². The van der Waals surface area contributed by atoms with Gasteiger partial charge in [-0.1, -0.05) is 50.5 Å². The molecule has 2 aromatic carbocycles. The Balaban J connectivity index is 1.66. The molecule has 0 radical (unpaired) electrons. The van der Waals surface area contributed by atoms with Crippen LogP contribution in [0.1, 0.15) is 90.7 Å². The summed E-state index contributed by atoms with van der Waals surface area (Å²) in [6.45, 7) is 15.0. The standard InChI is InChI=1S/C33H46F3N3O3Si/c1-30(2,3)43(6,7)42-31(4,5)18-15-22-19-23(24-13-9-10-14-25(24)33(34,35)36)20-26(28(22)37)38-29(40)27-21-32(41-39-27)16-11-8-12-17-32/h9-10,13-14,19-20H,8,11-12,15-18,21,37H2,1-7H3,(H,38,40). The van der Waals surface area contributed by atoms with Crippen molar-refractivity contribution < 1.29 is 27.2 Å². The van der Waals surface area contributed by atoms with Gasteiger partial charge in [0.05, 0.1) is 22.5 Å². The number of benzene rings is 2. The highest BCUT2D eigenvalue weighted by atomic mass is 28.4. The van der Waals surface area contributed by atoms with Crippen LogP contribution in [0.25, 0.3) is 11.1 Å². The third-order valence-corrected chi connectivity index (χ3v) is 13.9. The highest BCUT2D eigenvalue weighted by molar-refractivity contribution is 6.74. The number of hydrogen-bond acceptors (Lipinski definition) is 5. The minimum absolute atomic E-state index is 0.0187. The number of nitrogen functional groups attached to an aromatic ring is 1. The minimum Gasteiger partial charge on any atom is -0.412 e. The van der Waals surface area contributed by atoms with E-state index in [9.17, 15) is 18.0 Å². The van der Waals surface area contributed by atoms with Crippen molar-refractivity contribution in [3.8, 4) is 11.1 Å². The van der Waals surface area contributed by atoms with Crippen LogP contribution >= 0.6 is 0 Å². The largest absolute Gasteiger partial charge is 0.417 e. The molecule has 10 heteroatoms. The maximum absolute atomic E-state index is 14.0. The normalized spacial score (nSPS) is 17.5. The Morgan fingerprint density at radius 3 is 2.35 bits per heavy atom. The van der Waals surface area contributed by atoms with Gasteiger partial charge in [0.1, 0.15) is 11.3 Å². The molecular weight excluding hydrogens is 571 g/mol. The van der Waals surface area contributed by atoms with Crippen molar-refractivity contribution in [1.82, 2.24) is 0 Å². The summed E-state index contributed by atoms with van der Waals surface area (Å²) >= 11 is 0. The van der Waals surface area contributed by atoms with Gasteiger partial charge in [0.2, 0.25) is 0 Å². The average Bonchev–Trinajstić information content (AvgIpc) is 3.31. The van der Waals surface area contributed by atoms with Crippen molar-refractivity contribution in [2.24, 2.45) is 5.16 Å². The maximum atomic E-state index is 14.0. The number of nitrogens with one attached hydrogen (secondary N) is 1. The second-order valence-electron chi connectivity index (χ2n) is 14.3. The first-order valence-corrected chi connectivity index (χ1v) is 18.1. The first kappa shape index (κ1) is 33.0. The summed E-state index contributed by atoms with van der Waals surface area (Å²) in [7, 11) is -2.09. The van der Waals surface area contributed by atoms with Crippen LogP contribution in [0.4, 0.5) is 24.5 Å². The van der Waals surface area contributed by atoms with E-state index in [1.54, 1.807) is 12.1 Å². The molecule has 6 nitrogen and oxygen atoms in total. The van der Waals surface area contributed by atoms with Crippen molar-refractivity contribution in [3.63, 3.8) is 0 Å². The first-order chi connectivity index (χ1) is 19.8. The summed E-state index contributed by atoms with van der Waals surface area (Å²) in [6.07, 6.45) is 1.76. The molecule has 43 heavy (non-hydrogen) atoms. The molecule has 1 spiro atoms. The molecule has 2 aliphatic rings. The predicted molar refractivity (Wildman–Crippen MR) is 170 cm³/mol. The van der Waals surface area contributed by atoms with Gasteiger partial charge in [-0.15, -0.1) is 0 Å².